The number of anilines is 3. The summed E-state index contributed by atoms with van der Waals surface area (Å²) in [4.78, 5) is 25.7. The van der Waals surface area contributed by atoms with Crippen LogP contribution < -0.4 is 15.5 Å². The number of hydrogen-bond donors (Lipinski definition) is 2. The van der Waals surface area contributed by atoms with E-state index in [2.05, 4.69) is 10.6 Å². The molecule has 182 valence electrons. The van der Waals surface area contributed by atoms with Crippen LogP contribution in [0.25, 0.3) is 11.1 Å². The fourth-order valence-electron chi connectivity index (χ4n) is 4.72. The van der Waals surface area contributed by atoms with Gasteiger partial charge in [-0.2, -0.15) is 0 Å². The fraction of sp³-hybridized carbons (Fsp3) is 0.286. The molecule has 0 spiro atoms. The van der Waals surface area contributed by atoms with Crippen LogP contribution >= 0.6 is 0 Å². The standard InChI is InChI=1S/C28H29F2N3O2/c1-17-13-26(32-24-10-6-8-22(16-24)28(4,29)30)25-15-21(11-12-27(25)33(17)19(3)35)20-7-5-9-23(14-20)31-18(2)34/h5-12,14-17,26,32H,13H2,1-4H3,(H,31,34)/t17-,26+/m0/s1. The molecule has 5 nitrogen and oxygen atoms in total. The molecule has 1 aliphatic heterocycles. The molecule has 4 rings (SSSR count). The van der Waals surface area contributed by atoms with E-state index in [1.54, 1.807) is 24.0 Å². The van der Waals surface area contributed by atoms with Gasteiger partial charge in [0.15, 0.2) is 0 Å². The number of alkyl halides is 2. The lowest BCUT2D eigenvalue weighted by Crippen LogP contribution is -2.43. The number of nitrogens with one attached hydrogen (secondary N) is 2. The molecule has 0 fully saturated rings. The van der Waals surface area contributed by atoms with E-state index in [1.807, 2.05) is 49.4 Å². The minimum atomic E-state index is -2.94. The molecule has 3 aromatic carbocycles. The third-order valence-electron chi connectivity index (χ3n) is 6.25. The van der Waals surface area contributed by atoms with Gasteiger partial charge in [0.25, 0.3) is 5.92 Å². The smallest absolute Gasteiger partial charge is 0.270 e. The highest BCUT2D eigenvalue weighted by Crippen LogP contribution is 2.41. The van der Waals surface area contributed by atoms with Crippen LogP contribution in [0.2, 0.25) is 0 Å². The summed E-state index contributed by atoms with van der Waals surface area (Å²) in [5, 5.41) is 6.23. The van der Waals surface area contributed by atoms with Crippen molar-refractivity contribution in [2.75, 3.05) is 15.5 Å². The number of carbonyl (C=O) groups is 2. The maximum Gasteiger partial charge on any atom is 0.270 e. The van der Waals surface area contributed by atoms with Gasteiger partial charge >= 0.3 is 0 Å². The molecule has 0 bridgehead atoms. The first-order valence-electron chi connectivity index (χ1n) is 11.6. The summed E-state index contributed by atoms with van der Waals surface area (Å²) in [5.74, 6) is -3.14. The van der Waals surface area contributed by atoms with Gasteiger partial charge in [0.2, 0.25) is 11.8 Å². The first kappa shape index (κ1) is 24.4. The van der Waals surface area contributed by atoms with Crippen LogP contribution in [0, 0.1) is 0 Å². The van der Waals surface area contributed by atoms with Crippen molar-refractivity contribution in [3.8, 4) is 11.1 Å². The number of rotatable bonds is 5. The number of amides is 2. The summed E-state index contributed by atoms with van der Waals surface area (Å²) < 4.78 is 27.8. The largest absolute Gasteiger partial charge is 0.378 e. The highest BCUT2D eigenvalue weighted by molar-refractivity contribution is 5.94. The van der Waals surface area contributed by atoms with Gasteiger partial charge in [-0.3, -0.25) is 9.59 Å². The molecule has 0 aliphatic carbocycles. The monoisotopic (exact) mass is 477 g/mol. The third-order valence-corrected chi connectivity index (χ3v) is 6.25. The van der Waals surface area contributed by atoms with Crippen LogP contribution in [0.15, 0.2) is 66.7 Å². The number of carbonyl (C=O) groups excluding carboxylic acids is 2. The third kappa shape index (κ3) is 5.34. The van der Waals surface area contributed by atoms with Crippen molar-refractivity contribution in [3.63, 3.8) is 0 Å². The van der Waals surface area contributed by atoms with Crippen LogP contribution in [0.1, 0.15) is 51.3 Å². The van der Waals surface area contributed by atoms with E-state index in [0.29, 0.717) is 17.8 Å². The summed E-state index contributed by atoms with van der Waals surface area (Å²) >= 11 is 0. The molecule has 2 N–H and O–H groups in total. The van der Waals surface area contributed by atoms with E-state index >= 15 is 0 Å². The molecule has 2 amide bonds. The summed E-state index contributed by atoms with van der Waals surface area (Å²) in [6.45, 7) is 5.88. The molecule has 0 radical (unpaired) electrons. The number of benzene rings is 3. The molecular formula is C28H29F2N3O2. The maximum absolute atomic E-state index is 13.9. The SMILES string of the molecule is CC(=O)Nc1cccc(-c2ccc3c(c2)[C@H](Nc2cccc(C(C)(F)F)c2)C[C@H](C)N3C(C)=O)c1. The summed E-state index contributed by atoms with van der Waals surface area (Å²) in [5.41, 5.74) is 4.79. The van der Waals surface area contributed by atoms with Crippen molar-refractivity contribution < 1.29 is 18.4 Å². The molecule has 0 unspecified atom stereocenters. The van der Waals surface area contributed by atoms with Crippen LogP contribution in [0.4, 0.5) is 25.8 Å². The second-order valence-corrected chi connectivity index (χ2v) is 9.18. The zero-order valence-electron chi connectivity index (χ0n) is 20.2. The first-order valence-corrected chi connectivity index (χ1v) is 11.6. The van der Waals surface area contributed by atoms with Crippen LogP contribution in [-0.4, -0.2) is 17.9 Å². The minimum Gasteiger partial charge on any atom is -0.378 e. The predicted octanol–water partition coefficient (Wildman–Crippen LogP) is 6.72. The Morgan fingerprint density at radius 1 is 0.943 bits per heavy atom. The average Bonchev–Trinajstić information content (AvgIpc) is 2.78. The molecule has 3 aromatic rings. The van der Waals surface area contributed by atoms with Gasteiger partial charge in [0, 0.05) is 49.4 Å². The molecule has 2 atom stereocenters. The van der Waals surface area contributed by atoms with Gasteiger partial charge in [-0.15, -0.1) is 0 Å². The van der Waals surface area contributed by atoms with Crippen LogP contribution in [0.3, 0.4) is 0 Å². The highest BCUT2D eigenvalue weighted by atomic mass is 19.3. The van der Waals surface area contributed by atoms with Crippen molar-refractivity contribution in [3.05, 3.63) is 77.9 Å². The second-order valence-electron chi connectivity index (χ2n) is 9.18. The summed E-state index contributed by atoms with van der Waals surface area (Å²) in [6.07, 6.45) is 0.620. The number of halogens is 2. The lowest BCUT2D eigenvalue weighted by atomic mass is 9.88. The molecule has 7 heteroatoms. The molecular weight excluding hydrogens is 448 g/mol. The van der Waals surface area contributed by atoms with E-state index in [0.717, 1.165) is 29.3 Å². The Balaban J connectivity index is 1.75. The lowest BCUT2D eigenvalue weighted by Gasteiger charge is -2.40. The van der Waals surface area contributed by atoms with Crippen molar-refractivity contribution in [2.45, 2.75) is 52.1 Å². The van der Waals surface area contributed by atoms with Crippen molar-refractivity contribution in [2.24, 2.45) is 0 Å². The van der Waals surface area contributed by atoms with Gasteiger partial charge < -0.3 is 15.5 Å². The van der Waals surface area contributed by atoms with Crippen LogP contribution in [0.5, 0.6) is 0 Å². The van der Waals surface area contributed by atoms with Crippen molar-refractivity contribution >= 4 is 28.9 Å². The normalized spacial score (nSPS) is 17.5. The first-order chi connectivity index (χ1) is 16.5. The minimum absolute atomic E-state index is 0.0507. The molecule has 1 aliphatic rings. The number of fused-ring (bicyclic) bond motifs is 1. The topological polar surface area (TPSA) is 61.4 Å². The van der Waals surface area contributed by atoms with Gasteiger partial charge in [-0.05, 0) is 66.4 Å². The van der Waals surface area contributed by atoms with Crippen molar-refractivity contribution in [1.29, 1.82) is 0 Å². The van der Waals surface area contributed by atoms with Crippen LogP contribution in [-0.2, 0) is 15.5 Å². The molecule has 0 saturated heterocycles. The highest BCUT2D eigenvalue weighted by Gasteiger charge is 2.33. The van der Waals surface area contributed by atoms with E-state index in [1.165, 1.54) is 19.1 Å². The van der Waals surface area contributed by atoms with Gasteiger partial charge in [-0.25, -0.2) is 8.78 Å². The maximum atomic E-state index is 13.9. The van der Waals surface area contributed by atoms with Gasteiger partial charge in [0.1, 0.15) is 0 Å². The molecule has 35 heavy (non-hydrogen) atoms. The Hall–Kier alpha value is -3.74. The summed E-state index contributed by atoms with van der Waals surface area (Å²) in [7, 11) is 0. The zero-order valence-corrected chi connectivity index (χ0v) is 20.2. The van der Waals surface area contributed by atoms with E-state index in [-0.39, 0.29) is 29.5 Å². The van der Waals surface area contributed by atoms with E-state index in [9.17, 15) is 18.4 Å². The molecule has 0 aromatic heterocycles. The Labute approximate surface area is 204 Å². The second kappa shape index (κ2) is 9.49. The number of hydrogen-bond acceptors (Lipinski definition) is 3. The van der Waals surface area contributed by atoms with Gasteiger partial charge in [-0.1, -0.05) is 30.3 Å². The van der Waals surface area contributed by atoms with E-state index in [4.69, 9.17) is 0 Å². The Morgan fingerprint density at radius 3 is 2.31 bits per heavy atom. The Bertz CT molecular complexity index is 1270. The lowest BCUT2D eigenvalue weighted by molar-refractivity contribution is -0.117. The van der Waals surface area contributed by atoms with Gasteiger partial charge in [0.05, 0.1) is 6.04 Å². The Morgan fingerprint density at radius 2 is 1.63 bits per heavy atom. The Kier molecular flexibility index (Phi) is 6.61. The molecule has 0 saturated carbocycles. The van der Waals surface area contributed by atoms with Crippen molar-refractivity contribution in [1.82, 2.24) is 0 Å². The number of nitrogens with zero attached hydrogens (tertiary/aromatic N) is 1. The molecule has 1 heterocycles. The van der Waals surface area contributed by atoms with E-state index < -0.39 is 5.92 Å². The fourth-order valence-corrected chi connectivity index (χ4v) is 4.72. The summed E-state index contributed by atoms with van der Waals surface area (Å²) in [6, 6.07) is 19.5. The zero-order chi connectivity index (χ0) is 25.3. The predicted molar refractivity (Wildman–Crippen MR) is 136 cm³/mol. The quantitative estimate of drug-likeness (QED) is 0.429. The average molecular weight is 478 g/mol.